The summed E-state index contributed by atoms with van der Waals surface area (Å²) in [6.07, 6.45) is 1.27. The van der Waals surface area contributed by atoms with Crippen molar-refractivity contribution in [2.45, 2.75) is 0 Å². The highest BCUT2D eigenvalue weighted by Gasteiger charge is 2.12. The number of benzene rings is 1. The van der Waals surface area contributed by atoms with Crippen molar-refractivity contribution in [1.29, 1.82) is 0 Å². The first kappa shape index (κ1) is 12.8. The molecule has 2 rings (SSSR count). The Morgan fingerprint density at radius 3 is 2.89 bits per heavy atom. The zero-order valence-corrected chi connectivity index (χ0v) is 11.4. The van der Waals surface area contributed by atoms with E-state index in [1.165, 1.54) is 12.4 Å². The summed E-state index contributed by atoms with van der Waals surface area (Å²) in [4.78, 5) is 19.6. The molecule has 0 saturated heterocycles. The van der Waals surface area contributed by atoms with Crippen LogP contribution in [0.1, 0.15) is 10.4 Å². The fraction of sp³-hybridized carbons (Fsp3) is 0. The number of anilines is 2. The maximum atomic E-state index is 12.0. The number of carbonyl (C=O) groups is 1. The molecule has 0 bridgehead atoms. The maximum Gasteiger partial charge on any atom is 0.258 e. The van der Waals surface area contributed by atoms with Gasteiger partial charge in [-0.2, -0.15) is 0 Å². The molecule has 1 heterocycles. The Morgan fingerprint density at radius 1 is 1.39 bits per heavy atom. The van der Waals surface area contributed by atoms with Crippen LogP contribution in [0.15, 0.2) is 35.1 Å². The average molecular weight is 328 g/mol. The van der Waals surface area contributed by atoms with Gasteiger partial charge in [0.25, 0.3) is 5.91 Å². The average Bonchev–Trinajstić information content (AvgIpc) is 2.32. The van der Waals surface area contributed by atoms with Crippen molar-refractivity contribution in [2.24, 2.45) is 0 Å². The van der Waals surface area contributed by atoms with Gasteiger partial charge in [0.15, 0.2) is 0 Å². The first-order chi connectivity index (χ1) is 8.58. The molecule has 0 fully saturated rings. The van der Waals surface area contributed by atoms with Gasteiger partial charge in [0.05, 0.1) is 10.0 Å². The number of carbonyl (C=O) groups excluding carboxylic acids is 1. The van der Waals surface area contributed by atoms with Gasteiger partial charge in [-0.05, 0) is 28.1 Å². The van der Waals surface area contributed by atoms with Gasteiger partial charge >= 0.3 is 0 Å². The van der Waals surface area contributed by atoms with Crippen LogP contribution in [0.3, 0.4) is 0 Å². The zero-order valence-electron chi connectivity index (χ0n) is 9.02. The molecule has 5 nitrogen and oxygen atoms in total. The molecule has 92 valence electrons. The van der Waals surface area contributed by atoms with Crippen LogP contribution in [-0.4, -0.2) is 15.9 Å². The van der Waals surface area contributed by atoms with Crippen molar-refractivity contribution in [3.63, 3.8) is 0 Å². The van der Waals surface area contributed by atoms with Crippen LogP contribution in [0.5, 0.6) is 0 Å². The number of nitrogens with two attached hydrogens (primary N) is 1. The first-order valence-electron chi connectivity index (χ1n) is 4.91. The summed E-state index contributed by atoms with van der Waals surface area (Å²) in [7, 11) is 0. The van der Waals surface area contributed by atoms with Gasteiger partial charge in [-0.1, -0.05) is 17.7 Å². The molecule has 0 aliphatic rings. The third-order valence-electron chi connectivity index (χ3n) is 2.15. The van der Waals surface area contributed by atoms with Crippen molar-refractivity contribution >= 4 is 44.9 Å². The first-order valence-corrected chi connectivity index (χ1v) is 6.08. The summed E-state index contributed by atoms with van der Waals surface area (Å²) in [6.45, 7) is 0. The van der Waals surface area contributed by atoms with Crippen LogP contribution < -0.4 is 11.1 Å². The highest BCUT2D eigenvalue weighted by atomic mass is 79.9. The van der Waals surface area contributed by atoms with E-state index < -0.39 is 0 Å². The van der Waals surface area contributed by atoms with Crippen molar-refractivity contribution in [2.75, 3.05) is 11.1 Å². The molecule has 0 atom stereocenters. The number of halogens is 2. The van der Waals surface area contributed by atoms with Gasteiger partial charge in [0.1, 0.15) is 17.3 Å². The van der Waals surface area contributed by atoms with E-state index in [9.17, 15) is 4.79 Å². The third-order valence-corrected chi connectivity index (χ3v) is 3.24. The number of amides is 1. The number of hydrogen-bond donors (Lipinski definition) is 2. The number of nitrogen functional groups attached to an aromatic ring is 1. The van der Waals surface area contributed by atoms with Crippen molar-refractivity contribution in [3.8, 4) is 0 Å². The van der Waals surface area contributed by atoms with E-state index in [1.807, 2.05) is 0 Å². The molecule has 0 spiro atoms. The summed E-state index contributed by atoms with van der Waals surface area (Å²) >= 11 is 8.96. The highest BCUT2D eigenvalue weighted by molar-refractivity contribution is 9.10. The van der Waals surface area contributed by atoms with Crippen molar-refractivity contribution in [3.05, 3.63) is 45.8 Å². The smallest absolute Gasteiger partial charge is 0.258 e. The van der Waals surface area contributed by atoms with Crippen LogP contribution in [0.25, 0.3) is 0 Å². The fourth-order valence-corrected chi connectivity index (χ4v) is 1.90. The van der Waals surface area contributed by atoms with Crippen LogP contribution in [0.2, 0.25) is 5.15 Å². The predicted molar refractivity (Wildman–Crippen MR) is 73.5 cm³/mol. The van der Waals surface area contributed by atoms with Gasteiger partial charge in [-0.25, -0.2) is 9.97 Å². The second kappa shape index (κ2) is 5.32. The summed E-state index contributed by atoms with van der Waals surface area (Å²) in [5.74, 6) is -0.00161. The predicted octanol–water partition coefficient (Wildman–Crippen LogP) is 2.73. The van der Waals surface area contributed by atoms with Crippen molar-refractivity contribution in [1.82, 2.24) is 9.97 Å². The third kappa shape index (κ3) is 2.77. The van der Waals surface area contributed by atoms with Crippen LogP contribution in [0, 0.1) is 0 Å². The standard InChI is InChI=1S/C11H8BrClN4O/c12-10-6(2-1-3-7(10)14)11(18)17-9-4-8(13)15-5-16-9/h1-5H,14H2,(H,15,16,17,18). The van der Waals surface area contributed by atoms with E-state index in [-0.39, 0.29) is 11.1 Å². The van der Waals surface area contributed by atoms with Crippen LogP contribution >= 0.6 is 27.5 Å². The normalized spacial score (nSPS) is 10.1. The summed E-state index contributed by atoms with van der Waals surface area (Å²) in [5.41, 5.74) is 6.61. The van der Waals surface area contributed by atoms with Gasteiger partial charge < -0.3 is 11.1 Å². The molecule has 7 heteroatoms. The molecule has 0 unspecified atom stereocenters. The second-order valence-corrected chi connectivity index (χ2v) is 4.57. The van der Waals surface area contributed by atoms with E-state index in [0.717, 1.165) is 0 Å². The minimum atomic E-state index is -0.330. The Bertz CT molecular complexity index is 605. The summed E-state index contributed by atoms with van der Waals surface area (Å²) < 4.78 is 0.544. The molecule has 0 radical (unpaired) electrons. The molecule has 18 heavy (non-hydrogen) atoms. The van der Waals surface area contributed by atoms with Gasteiger partial charge in [-0.3, -0.25) is 4.79 Å². The Labute approximate surface area is 117 Å². The van der Waals surface area contributed by atoms with E-state index in [1.54, 1.807) is 18.2 Å². The Balaban J connectivity index is 2.25. The lowest BCUT2D eigenvalue weighted by Crippen LogP contribution is -2.14. The van der Waals surface area contributed by atoms with Crippen molar-refractivity contribution < 1.29 is 4.79 Å². The lowest BCUT2D eigenvalue weighted by atomic mass is 10.2. The SMILES string of the molecule is Nc1cccc(C(=O)Nc2cc(Cl)ncn2)c1Br. The molecule has 1 aromatic heterocycles. The lowest BCUT2D eigenvalue weighted by Gasteiger charge is -2.07. The monoisotopic (exact) mass is 326 g/mol. The number of nitrogens with one attached hydrogen (secondary N) is 1. The largest absolute Gasteiger partial charge is 0.398 e. The molecule has 0 aliphatic carbocycles. The highest BCUT2D eigenvalue weighted by Crippen LogP contribution is 2.24. The molecule has 0 saturated carbocycles. The van der Waals surface area contributed by atoms with E-state index >= 15 is 0 Å². The minimum Gasteiger partial charge on any atom is -0.398 e. The molecular formula is C11H8BrClN4O. The summed E-state index contributed by atoms with van der Waals surface area (Å²) in [6, 6.07) is 6.50. The molecule has 1 aromatic carbocycles. The van der Waals surface area contributed by atoms with Crippen LogP contribution in [-0.2, 0) is 0 Å². The van der Waals surface area contributed by atoms with Crippen LogP contribution in [0.4, 0.5) is 11.5 Å². The quantitative estimate of drug-likeness (QED) is 0.656. The molecule has 1 amide bonds. The fourth-order valence-electron chi connectivity index (χ4n) is 1.31. The number of nitrogens with zero attached hydrogens (tertiary/aromatic N) is 2. The van der Waals surface area contributed by atoms with Gasteiger partial charge in [0.2, 0.25) is 0 Å². The van der Waals surface area contributed by atoms with Gasteiger partial charge in [-0.15, -0.1) is 0 Å². The molecular weight excluding hydrogens is 320 g/mol. The zero-order chi connectivity index (χ0) is 13.1. The number of rotatable bonds is 2. The lowest BCUT2D eigenvalue weighted by molar-refractivity contribution is 0.102. The van der Waals surface area contributed by atoms with Gasteiger partial charge in [0, 0.05) is 11.8 Å². The second-order valence-electron chi connectivity index (χ2n) is 3.39. The molecule has 0 aliphatic heterocycles. The number of hydrogen-bond acceptors (Lipinski definition) is 4. The maximum absolute atomic E-state index is 12.0. The Hall–Kier alpha value is -1.66. The topological polar surface area (TPSA) is 80.9 Å². The molecule has 2 aromatic rings. The minimum absolute atomic E-state index is 0.256. The molecule has 3 N–H and O–H groups in total. The Morgan fingerprint density at radius 2 is 2.17 bits per heavy atom. The van der Waals surface area contributed by atoms with E-state index in [0.29, 0.717) is 21.5 Å². The van der Waals surface area contributed by atoms with E-state index in [2.05, 4.69) is 31.2 Å². The summed E-state index contributed by atoms with van der Waals surface area (Å²) in [5, 5.41) is 2.86. The Kier molecular flexibility index (Phi) is 3.78. The van der Waals surface area contributed by atoms with E-state index in [4.69, 9.17) is 17.3 Å². The number of aromatic nitrogens is 2.